The zero-order chi connectivity index (χ0) is 13.3. The summed E-state index contributed by atoms with van der Waals surface area (Å²) < 4.78 is 0. The van der Waals surface area contributed by atoms with Crippen molar-refractivity contribution in [3.63, 3.8) is 0 Å². The Morgan fingerprint density at radius 2 is 1.65 bits per heavy atom. The molecule has 17 heavy (non-hydrogen) atoms. The molecule has 1 saturated heterocycles. The molecule has 0 aromatic rings. The summed E-state index contributed by atoms with van der Waals surface area (Å²) in [5.41, 5.74) is 0. The summed E-state index contributed by atoms with van der Waals surface area (Å²) in [7, 11) is 0. The molecule has 100 valence electrons. The topological polar surface area (TPSA) is 20.3 Å². The third-order valence-electron chi connectivity index (χ3n) is 4.93. The lowest BCUT2D eigenvalue weighted by atomic mass is 9.85. The quantitative estimate of drug-likeness (QED) is 0.737. The Hall–Kier alpha value is -0.530. The van der Waals surface area contributed by atoms with E-state index >= 15 is 0 Å². The summed E-state index contributed by atoms with van der Waals surface area (Å²) in [6, 6.07) is 0.814. The predicted octanol–water partition coefficient (Wildman–Crippen LogP) is 3.56. The molecular weight excluding hydrogens is 210 g/mol. The van der Waals surface area contributed by atoms with Crippen LogP contribution in [0.1, 0.15) is 54.9 Å². The number of hydrogen-bond acceptors (Lipinski definition) is 1. The third kappa shape index (κ3) is 2.83. The summed E-state index contributed by atoms with van der Waals surface area (Å²) in [5, 5.41) is 0. The molecule has 2 nitrogen and oxygen atoms in total. The fraction of sp³-hybridized carbons (Fsp3) is 0.933. The van der Waals surface area contributed by atoms with Crippen LogP contribution in [0.4, 0.5) is 0 Å². The number of rotatable bonds is 3. The van der Waals surface area contributed by atoms with Gasteiger partial charge in [0.25, 0.3) is 0 Å². The molecule has 4 unspecified atom stereocenters. The largest absolute Gasteiger partial charge is 0.337 e. The van der Waals surface area contributed by atoms with Crippen molar-refractivity contribution < 1.29 is 4.79 Å². The van der Waals surface area contributed by atoms with Crippen LogP contribution >= 0.6 is 0 Å². The second-order valence-corrected chi connectivity index (χ2v) is 6.44. The lowest BCUT2D eigenvalue weighted by Crippen LogP contribution is -2.44. The van der Waals surface area contributed by atoms with Gasteiger partial charge >= 0.3 is 0 Å². The van der Waals surface area contributed by atoms with Gasteiger partial charge in [-0.15, -0.1) is 0 Å². The highest BCUT2D eigenvalue weighted by molar-refractivity contribution is 5.79. The van der Waals surface area contributed by atoms with Gasteiger partial charge < -0.3 is 4.90 Å². The maximum Gasteiger partial charge on any atom is 0.226 e. The van der Waals surface area contributed by atoms with Crippen LogP contribution in [-0.2, 0) is 4.79 Å². The molecule has 2 heteroatoms. The van der Waals surface area contributed by atoms with Gasteiger partial charge in [-0.2, -0.15) is 0 Å². The molecule has 1 amide bonds. The summed E-state index contributed by atoms with van der Waals surface area (Å²) in [4.78, 5) is 14.7. The van der Waals surface area contributed by atoms with Gasteiger partial charge in [0, 0.05) is 18.0 Å². The van der Waals surface area contributed by atoms with Crippen LogP contribution in [0, 0.1) is 23.7 Å². The van der Waals surface area contributed by atoms with Gasteiger partial charge in [0.1, 0.15) is 0 Å². The number of hydrogen-bond donors (Lipinski definition) is 0. The first-order valence-electron chi connectivity index (χ1n) is 7.09. The molecule has 0 aromatic carbocycles. The van der Waals surface area contributed by atoms with E-state index in [0.29, 0.717) is 35.7 Å². The molecule has 0 radical (unpaired) electrons. The van der Waals surface area contributed by atoms with Gasteiger partial charge in [-0.3, -0.25) is 4.79 Å². The van der Waals surface area contributed by atoms with E-state index < -0.39 is 0 Å². The van der Waals surface area contributed by atoms with Gasteiger partial charge in [0.05, 0.1) is 0 Å². The van der Waals surface area contributed by atoms with Crippen molar-refractivity contribution in [3.8, 4) is 0 Å². The normalized spacial score (nSPS) is 32.9. The first kappa shape index (κ1) is 14.5. The standard InChI is InChI=1S/C15H29NO/c1-9(2)12(5)13(6)15(17)16-11(4)8-10(3)14(16)7/h9-14H,8H2,1-7H3/t10?,11-,12?,13?,14?/m1/s1. The number of likely N-dealkylation sites (tertiary alicyclic amines) is 1. The maximum absolute atomic E-state index is 12.6. The Balaban J connectivity index is 2.76. The summed E-state index contributed by atoms with van der Waals surface area (Å²) in [6.07, 6.45) is 1.15. The van der Waals surface area contributed by atoms with E-state index in [-0.39, 0.29) is 5.92 Å². The highest BCUT2D eigenvalue weighted by Crippen LogP contribution is 2.32. The van der Waals surface area contributed by atoms with Crippen LogP contribution in [0.5, 0.6) is 0 Å². The van der Waals surface area contributed by atoms with E-state index in [1.807, 2.05) is 0 Å². The number of carbonyl (C=O) groups is 1. The minimum Gasteiger partial charge on any atom is -0.337 e. The van der Waals surface area contributed by atoms with E-state index in [0.717, 1.165) is 6.42 Å². The van der Waals surface area contributed by atoms with Crippen LogP contribution in [0.25, 0.3) is 0 Å². The number of carbonyl (C=O) groups excluding carboxylic acids is 1. The lowest BCUT2D eigenvalue weighted by molar-refractivity contribution is -0.139. The monoisotopic (exact) mass is 239 g/mol. The minimum atomic E-state index is 0.144. The van der Waals surface area contributed by atoms with E-state index in [1.54, 1.807) is 0 Å². The van der Waals surface area contributed by atoms with Gasteiger partial charge in [-0.25, -0.2) is 0 Å². The zero-order valence-electron chi connectivity index (χ0n) is 12.5. The molecular formula is C15H29NO. The van der Waals surface area contributed by atoms with Crippen molar-refractivity contribution in [2.24, 2.45) is 23.7 Å². The van der Waals surface area contributed by atoms with Crippen LogP contribution in [0.15, 0.2) is 0 Å². The molecule has 0 bridgehead atoms. The summed E-state index contributed by atoms with van der Waals surface area (Å²) in [6.45, 7) is 15.3. The fourth-order valence-electron chi connectivity index (χ4n) is 2.98. The Morgan fingerprint density at radius 3 is 2.00 bits per heavy atom. The molecule has 0 aromatic heterocycles. The molecule has 0 spiro atoms. The first-order chi connectivity index (χ1) is 7.77. The van der Waals surface area contributed by atoms with Crippen LogP contribution in [-0.4, -0.2) is 22.9 Å². The minimum absolute atomic E-state index is 0.144. The van der Waals surface area contributed by atoms with Crippen molar-refractivity contribution in [2.45, 2.75) is 67.0 Å². The van der Waals surface area contributed by atoms with Crippen LogP contribution in [0.2, 0.25) is 0 Å². The van der Waals surface area contributed by atoms with Crippen molar-refractivity contribution in [1.29, 1.82) is 0 Å². The first-order valence-corrected chi connectivity index (χ1v) is 7.09. The van der Waals surface area contributed by atoms with Crippen molar-refractivity contribution in [2.75, 3.05) is 0 Å². The van der Waals surface area contributed by atoms with Crippen molar-refractivity contribution >= 4 is 5.91 Å². The van der Waals surface area contributed by atoms with Gasteiger partial charge in [0.15, 0.2) is 0 Å². The Kier molecular flexibility index (Phi) is 4.62. The zero-order valence-corrected chi connectivity index (χ0v) is 12.5. The highest BCUT2D eigenvalue weighted by atomic mass is 16.2. The molecule has 1 aliphatic heterocycles. The third-order valence-corrected chi connectivity index (χ3v) is 4.93. The maximum atomic E-state index is 12.6. The molecule has 0 N–H and O–H groups in total. The molecule has 1 heterocycles. The molecule has 1 rings (SSSR count). The Bertz CT molecular complexity index is 274. The Morgan fingerprint density at radius 1 is 1.12 bits per heavy atom. The second-order valence-electron chi connectivity index (χ2n) is 6.44. The SMILES string of the molecule is CC(C)C(C)C(C)C(=O)N1C(C)C(C)C[C@H]1C. The second kappa shape index (κ2) is 5.41. The number of nitrogens with zero attached hydrogens (tertiary/aromatic N) is 1. The molecule has 0 aliphatic carbocycles. The molecule has 1 fully saturated rings. The highest BCUT2D eigenvalue weighted by Gasteiger charge is 2.39. The lowest BCUT2D eigenvalue weighted by Gasteiger charge is -2.33. The molecule has 5 atom stereocenters. The molecule has 1 aliphatic rings. The van der Waals surface area contributed by atoms with E-state index in [9.17, 15) is 4.79 Å². The van der Waals surface area contributed by atoms with Gasteiger partial charge in [-0.1, -0.05) is 34.6 Å². The summed E-state index contributed by atoms with van der Waals surface area (Å²) in [5.74, 6) is 2.16. The van der Waals surface area contributed by atoms with Gasteiger partial charge in [-0.05, 0) is 38.0 Å². The Labute approximate surface area is 107 Å². The van der Waals surface area contributed by atoms with Crippen molar-refractivity contribution in [1.82, 2.24) is 4.90 Å². The van der Waals surface area contributed by atoms with Crippen molar-refractivity contribution in [3.05, 3.63) is 0 Å². The average molecular weight is 239 g/mol. The van der Waals surface area contributed by atoms with E-state index in [1.165, 1.54) is 0 Å². The van der Waals surface area contributed by atoms with Crippen LogP contribution < -0.4 is 0 Å². The van der Waals surface area contributed by atoms with Gasteiger partial charge in [0.2, 0.25) is 5.91 Å². The average Bonchev–Trinajstić information content (AvgIpc) is 2.50. The number of amides is 1. The van der Waals surface area contributed by atoms with E-state index in [2.05, 4.69) is 53.4 Å². The fourth-order valence-corrected chi connectivity index (χ4v) is 2.98. The van der Waals surface area contributed by atoms with E-state index in [4.69, 9.17) is 0 Å². The smallest absolute Gasteiger partial charge is 0.226 e. The molecule has 0 saturated carbocycles. The van der Waals surface area contributed by atoms with Crippen LogP contribution in [0.3, 0.4) is 0 Å². The summed E-state index contributed by atoms with van der Waals surface area (Å²) >= 11 is 0. The predicted molar refractivity (Wildman–Crippen MR) is 72.7 cm³/mol.